The quantitative estimate of drug-likeness (QED) is 0.778. The Bertz CT molecular complexity index is 613. The fourth-order valence-corrected chi connectivity index (χ4v) is 2.54. The van der Waals surface area contributed by atoms with Gasteiger partial charge in [-0.15, -0.1) is 0 Å². The molecule has 0 aliphatic rings. The van der Waals surface area contributed by atoms with Crippen molar-refractivity contribution in [1.82, 2.24) is 9.97 Å². The van der Waals surface area contributed by atoms with Crippen LogP contribution in [0.4, 0.5) is 8.78 Å². The van der Waals surface area contributed by atoms with Crippen LogP contribution in [0.5, 0.6) is 0 Å². The lowest BCUT2D eigenvalue weighted by molar-refractivity contribution is 0.128. The molecule has 20 heavy (non-hydrogen) atoms. The highest BCUT2D eigenvalue weighted by atomic mass is 35.5. The summed E-state index contributed by atoms with van der Waals surface area (Å²) in [7, 11) is 0. The molecule has 7 heteroatoms. The third kappa shape index (κ3) is 4.13. The number of benzene rings is 1. The maximum absolute atomic E-state index is 13.1. The molecule has 0 radical (unpaired) electrons. The Balaban J connectivity index is 2.19. The summed E-state index contributed by atoms with van der Waals surface area (Å²) in [5, 5.41) is 0.825. The molecule has 106 valence electrons. The molecule has 1 heterocycles. The zero-order valence-corrected chi connectivity index (χ0v) is 12.1. The zero-order chi connectivity index (χ0) is 14.5. The van der Waals surface area contributed by atoms with E-state index in [0.29, 0.717) is 22.4 Å². The molecule has 1 aromatic carbocycles. The molecule has 0 amide bonds. The number of aromatic nitrogens is 2. The number of ether oxygens (including phenoxy) is 1. The molecule has 0 atom stereocenters. The lowest BCUT2D eigenvalue weighted by Crippen LogP contribution is -2.00. The van der Waals surface area contributed by atoms with Gasteiger partial charge in [0.2, 0.25) is 0 Å². The molecule has 2 aromatic rings. The van der Waals surface area contributed by atoms with Crippen molar-refractivity contribution in [2.45, 2.75) is 23.5 Å². The van der Waals surface area contributed by atoms with Crippen molar-refractivity contribution in [2.75, 3.05) is 6.61 Å². The van der Waals surface area contributed by atoms with Crippen molar-refractivity contribution >= 4 is 23.4 Å². The van der Waals surface area contributed by atoms with Crippen LogP contribution in [0.15, 0.2) is 34.2 Å². The molecule has 1 aromatic heterocycles. The Labute approximate surface area is 124 Å². The van der Waals surface area contributed by atoms with Crippen molar-refractivity contribution in [3.05, 3.63) is 46.9 Å². The Morgan fingerprint density at radius 1 is 1.20 bits per heavy atom. The summed E-state index contributed by atoms with van der Waals surface area (Å²) in [4.78, 5) is 8.80. The average molecular weight is 317 g/mol. The number of hydrogen-bond acceptors (Lipinski definition) is 4. The number of halogens is 3. The lowest BCUT2D eigenvalue weighted by atomic mass is 10.3. The van der Waals surface area contributed by atoms with Gasteiger partial charge in [-0.1, -0.05) is 23.4 Å². The molecule has 0 spiro atoms. The van der Waals surface area contributed by atoms with Crippen LogP contribution >= 0.6 is 23.4 Å². The monoisotopic (exact) mass is 316 g/mol. The summed E-state index contributed by atoms with van der Waals surface area (Å²) in [6.07, 6.45) is 0. The van der Waals surface area contributed by atoms with E-state index in [1.54, 1.807) is 6.07 Å². The van der Waals surface area contributed by atoms with E-state index in [9.17, 15) is 8.78 Å². The highest BCUT2D eigenvalue weighted by molar-refractivity contribution is 7.99. The standard InChI is InChI=1S/C13H11ClF2N2OS/c1-2-19-7-12-17-11(14)6-13(18-12)20-8-3-4-9(15)10(16)5-8/h3-6H,2,7H2,1H3. The summed E-state index contributed by atoms with van der Waals surface area (Å²) in [6, 6.07) is 5.21. The van der Waals surface area contributed by atoms with E-state index in [4.69, 9.17) is 16.3 Å². The minimum absolute atomic E-state index is 0.252. The molecule has 0 N–H and O–H groups in total. The first-order chi connectivity index (χ1) is 9.58. The normalized spacial score (nSPS) is 10.8. The fraction of sp³-hybridized carbons (Fsp3) is 0.231. The minimum atomic E-state index is -0.898. The van der Waals surface area contributed by atoms with Crippen LogP contribution in [-0.2, 0) is 11.3 Å². The van der Waals surface area contributed by atoms with Crippen molar-refractivity contribution in [3.8, 4) is 0 Å². The Hall–Kier alpha value is -1.24. The Kier molecular flexibility index (Phi) is 5.28. The van der Waals surface area contributed by atoms with E-state index >= 15 is 0 Å². The number of hydrogen-bond donors (Lipinski definition) is 0. The maximum atomic E-state index is 13.1. The first kappa shape index (κ1) is 15.2. The van der Waals surface area contributed by atoms with Crippen LogP contribution in [0, 0.1) is 11.6 Å². The third-order valence-corrected chi connectivity index (χ3v) is 3.37. The SMILES string of the molecule is CCOCc1nc(Cl)cc(Sc2ccc(F)c(F)c2)n1. The van der Waals surface area contributed by atoms with Gasteiger partial charge in [-0.25, -0.2) is 18.7 Å². The number of nitrogens with zero attached hydrogens (tertiary/aromatic N) is 2. The minimum Gasteiger partial charge on any atom is -0.374 e. The fourth-order valence-electron chi connectivity index (χ4n) is 1.41. The van der Waals surface area contributed by atoms with Crippen LogP contribution in [0.2, 0.25) is 5.15 Å². The smallest absolute Gasteiger partial charge is 0.159 e. The predicted molar refractivity (Wildman–Crippen MR) is 72.9 cm³/mol. The summed E-state index contributed by atoms with van der Waals surface area (Å²) in [5.74, 6) is -1.33. The second-order valence-electron chi connectivity index (χ2n) is 3.76. The van der Waals surface area contributed by atoms with E-state index < -0.39 is 11.6 Å². The van der Waals surface area contributed by atoms with Crippen molar-refractivity contribution < 1.29 is 13.5 Å². The van der Waals surface area contributed by atoms with Gasteiger partial charge in [-0.3, -0.25) is 0 Å². The van der Waals surface area contributed by atoms with E-state index in [1.165, 1.54) is 17.8 Å². The van der Waals surface area contributed by atoms with Gasteiger partial charge in [0.1, 0.15) is 16.8 Å². The van der Waals surface area contributed by atoms with Gasteiger partial charge in [0.15, 0.2) is 17.5 Å². The molecule has 0 fully saturated rings. The van der Waals surface area contributed by atoms with Gasteiger partial charge in [-0.05, 0) is 25.1 Å². The van der Waals surface area contributed by atoms with Gasteiger partial charge in [-0.2, -0.15) is 0 Å². The molecule has 3 nitrogen and oxygen atoms in total. The summed E-state index contributed by atoms with van der Waals surface area (Å²) in [6.45, 7) is 2.66. The summed E-state index contributed by atoms with van der Waals surface area (Å²) >= 11 is 7.07. The summed E-state index contributed by atoms with van der Waals surface area (Å²) in [5.41, 5.74) is 0. The maximum Gasteiger partial charge on any atom is 0.159 e. The van der Waals surface area contributed by atoms with E-state index in [-0.39, 0.29) is 11.8 Å². The molecule has 0 aliphatic carbocycles. The largest absolute Gasteiger partial charge is 0.374 e. The van der Waals surface area contributed by atoms with Gasteiger partial charge in [0.05, 0.1) is 0 Å². The molecule has 0 saturated carbocycles. The molecule has 2 rings (SSSR count). The molecule has 0 bridgehead atoms. The zero-order valence-electron chi connectivity index (χ0n) is 10.6. The van der Waals surface area contributed by atoms with Crippen LogP contribution in [-0.4, -0.2) is 16.6 Å². The van der Waals surface area contributed by atoms with Crippen molar-refractivity contribution in [2.24, 2.45) is 0 Å². The average Bonchev–Trinajstić information content (AvgIpc) is 2.40. The third-order valence-electron chi connectivity index (χ3n) is 2.27. The molecule has 0 saturated heterocycles. The highest BCUT2D eigenvalue weighted by Crippen LogP contribution is 2.28. The first-order valence-corrected chi connectivity index (χ1v) is 7.02. The van der Waals surface area contributed by atoms with E-state index in [0.717, 1.165) is 12.1 Å². The second kappa shape index (κ2) is 6.97. The Morgan fingerprint density at radius 2 is 2.00 bits per heavy atom. The number of rotatable bonds is 5. The van der Waals surface area contributed by atoms with Crippen LogP contribution in [0.25, 0.3) is 0 Å². The van der Waals surface area contributed by atoms with Crippen LogP contribution in [0.1, 0.15) is 12.7 Å². The second-order valence-corrected chi connectivity index (χ2v) is 5.24. The predicted octanol–water partition coefficient (Wildman–Crippen LogP) is 4.10. The van der Waals surface area contributed by atoms with Crippen molar-refractivity contribution in [1.29, 1.82) is 0 Å². The van der Waals surface area contributed by atoms with E-state index in [1.807, 2.05) is 6.92 Å². The Morgan fingerprint density at radius 3 is 2.70 bits per heavy atom. The van der Waals surface area contributed by atoms with Crippen LogP contribution in [0.3, 0.4) is 0 Å². The van der Waals surface area contributed by atoms with Gasteiger partial charge >= 0.3 is 0 Å². The summed E-state index contributed by atoms with van der Waals surface area (Å²) < 4.78 is 31.2. The van der Waals surface area contributed by atoms with Crippen LogP contribution < -0.4 is 0 Å². The van der Waals surface area contributed by atoms with Gasteiger partial charge < -0.3 is 4.74 Å². The van der Waals surface area contributed by atoms with Crippen molar-refractivity contribution in [3.63, 3.8) is 0 Å². The molecule has 0 unspecified atom stereocenters. The molecule has 0 aliphatic heterocycles. The van der Waals surface area contributed by atoms with E-state index in [2.05, 4.69) is 9.97 Å². The molecular weight excluding hydrogens is 306 g/mol. The lowest BCUT2D eigenvalue weighted by Gasteiger charge is -2.05. The first-order valence-electron chi connectivity index (χ1n) is 5.82. The van der Waals surface area contributed by atoms with Gasteiger partial charge in [0.25, 0.3) is 0 Å². The van der Waals surface area contributed by atoms with Gasteiger partial charge in [0, 0.05) is 17.6 Å². The highest BCUT2D eigenvalue weighted by Gasteiger charge is 2.08. The topological polar surface area (TPSA) is 35.0 Å². The molecular formula is C13H11ClF2N2OS.